The van der Waals surface area contributed by atoms with E-state index in [1.807, 2.05) is 30.0 Å². The minimum absolute atomic E-state index is 0.0973. The van der Waals surface area contributed by atoms with Gasteiger partial charge in [0, 0.05) is 44.9 Å². The van der Waals surface area contributed by atoms with E-state index >= 15 is 0 Å². The lowest BCUT2D eigenvalue weighted by Gasteiger charge is -2.35. The van der Waals surface area contributed by atoms with E-state index in [-0.39, 0.29) is 5.91 Å². The van der Waals surface area contributed by atoms with Crippen LogP contribution in [-0.2, 0) is 4.74 Å². The number of benzene rings is 1. The Morgan fingerprint density at radius 2 is 2.09 bits per heavy atom. The molecule has 2 aliphatic heterocycles. The van der Waals surface area contributed by atoms with E-state index in [0.717, 1.165) is 50.6 Å². The van der Waals surface area contributed by atoms with Crippen LogP contribution < -0.4 is 4.74 Å². The molecule has 0 aromatic heterocycles. The molecule has 1 aromatic carbocycles. The van der Waals surface area contributed by atoms with Crippen molar-refractivity contribution in [3.8, 4) is 5.75 Å². The van der Waals surface area contributed by atoms with Crippen LogP contribution in [-0.4, -0.2) is 68.3 Å². The maximum absolute atomic E-state index is 12.7. The maximum atomic E-state index is 12.7. The van der Waals surface area contributed by atoms with Crippen LogP contribution in [0, 0.1) is 6.92 Å². The van der Waals surface area contributed by atoms with Gasteiger partial charge in [-0.05, 0) is 37.5 Å². The number of amides is 1. The molecule has 1 amide bonds. The summed E-state index contributed by atoms with van der Waals surface area (Å²) in [5, 5.41) is 0. The van der Waals surface area contributed by atoms with Gasteiger partial charge in [0.15, 0.2) is 0 Å². The van der Waals surface area contributed by atoms with E-state index in [0.29, 0.717) is 11.7 Å². The third kappa shape index (κ3) is 3.85. The molecule has 0 saturated carbocycles. The molecule has 0 spiro atoms. The Kier molecular flexibility index (Phi) is 5.18. The highest BCUT2D eigenvalue weighted by Crippen LogP contribution is 2.21. The van der Waals surface area contributed by atoms with E-state index in [2.05, 4.69) is 4.90 Å². The Morgan fingerprint density at radius 3 is 2.74 bits per heavy atom. The fourth-order valence-electron chi connectivity index (χ4n) is 3.35. The summed E-state index contributed by atoms with van der Waals surface area (Å²) >= 11 is 0. The number of hydrogen-bond donors (Lipinski definition) is 0. The highest BCUT2D eigenvalue weighted by molar-refractivity contribution is 5.94. The van der Waals surface area contributed by atoms with Crippen molar-refractivity contribution >= 4 is 5.91 Å². The van der Waals surface area contributed by atoms with Crippen LogP contribution in [0.4, 0.5) is 0 Å². The molecule has 5 nitrogen and oxygen atoms in total. The van der Waals surface area contributed by atoms with E-state index in [1.54, 1.807) is 7.11 Å². The van der Waals surface area contributed by atoms with Crippen LogP contribution in [0.3, 0.4) is 0 Å². The Balaban J connectivity index is 1.55. The zero-order valence-corrected chi connectivity index (χ0v) is 14.1. The molecule has 0 aliphatic carbocycles. The summed E-state index contributed by atoms with van der Waals surface area (Å²) in [5.41, 5.74) is 1.76. The van der Waals surface area contributed by atoms with Crippen LogP contribution in [0.15, 0.2) is 18.2 Å². The van der Waals surface area contributed by atoms with Crippen LogP contribution in [0.25, 0.3) is 0 Å². The van der Waals surface area contributed by atoms with Crippen LogP contribution >= 0.6 is 0 Å². The zero-order valence-electron chi connectivity index (χ0n) is 14.1. The van der Waals surface area contributed by atoms with Crippen molar-refractivity contribution in [3.63, 3.8) is 0 Å². The summed E-state index contributed by atoms with van der Waals surface area (Å²) in [5.74, 6) is 0.868. The van der Waals surface area contributed by atoms with Crippen LogP contribution in [0.2, 0.25) is 0 Å². The third-order valence-electron chi connectivity index (χ3n) is 4.80. The molecule has 1 aromatic rings. The number of aryl methyl sites for hydroxylation is 1. The van der Waals surface area contributed by atoms with E-state index in [1.165, 1.54) is 12.8 Å². The monoisotopic (exact) mass is 318 g/mol. The maximum Gasteiger partial charge on any atom is 0.254 e. The number of nitrogens with zero attached hydrogens (tertiary/aromatic N) is 2. The molecule has 0 radical (unpaired) electrons. The van der Waals surface area contributed by atoms with E-state index < -0.39 is 0 Å². The first-order chi connectivity index (χ1) is 11.2. The molecule has 2 saturated heterocycles. The molecule has 1 unspecified atom stereocenters. The van der Waals surface area contributed by atoms with E-state index in [9.17, 15) is 4.79 Å². The predicted molar refractivity (Wildman–Crippen MR) is 89.0 cm³/mol. The summed E-state index contributed by atoms with van der Waals surface area (Å²) in [4.78, 5) is 17.0. The van der Waals surface area contributed by atoms with Crippen molar-refractivity contribution in [2.24, 2.45) is 0 Å². The number of piperazine rings is 1. The van der Waals surface area contributed by atoms with Gasteiger partial charge in [0.2, 0.25) is 0 Å². The smallest absolute Gasteiger partial charge is 0.254 e. The van der Waals surface area contributed by atoms with Gasteiger partial charge in [-0.15, -0.1) is 0 Å². The molecule has 23 heavy (non-hydrogen) atoms. The van der Waals surface area contributed by atoms with Crippen molar-refractivity contribution in [2.45, 2.75) is 25.9 Å². The minimum Gasteiger partial charge on any atom is -0.496 e. The largest absolute Gasteiger partial charge is 0.496 e. The van der Waals surface area contributed by atoms with E-state index in [4.69, 9.17) is 9.47 Å². The number of methoxy groups -OCH3 is 1. The van der Waals surface area contributed by atoms with Crippen LogP contribution in [0.5, 0.6) is 5.75 Å². The van der Waals surface area contributed by atoms with Gasteiger partial charge in [-0.2, -0.15) is 0 Å². The normalized spacial score (nSPS) is 22.3. The lowest BCUT2D eigenvalue weighted by molar-refractivity contribution is 0.0432. The molecule has 5 heteroatoms. The molecule has 2 aliphatic rings. The average molecular weight is 318 g/mol. The first-order valence-corrected chi connectivity index (χ1v) is 8.45. The van der Waals surface area contributed by atoms with Crippen molar-refractivity contribution in [2.75, 3.05) is 46.4 Å². The minimum atomic E-state index is 0.0973. The Morgan fingerprint density at radius 1 is 1.30 bits per heavy atom. The van der Waals surface area contributed by atoms with Gasteiger partial charge in [0.25, 0.3) is 5.91 Å². The summed E-state index contributed by atoms with van der Waals surface area (Å²) in [6.45, 7) is 7.29. The lowest BCUT2D eigenvalue weighted by atomic mass is 10.1. The Hall–Kier alpha value is -1.59. The first-order valence-electron chi connectivity index (χ1n) is 8.45. The topological polar surface area (TPSA) is 42.0 Å². The second-order valence-electron chi connectivity index (χ2n) is 6.41. The van der Waals surface area contributed by atoms with Crippen molar-refractivity contribution in [1.82, 2.24) is 9.80 Å². The number of ether oxygens (including phenoxy) is 2. The third-order valence-corrected chi connectivity index (χ3v) is 4.80. The summed E-state index contributed by atoms with van der Waals surface area (Å²) in [6.07, 6.45) is 2.74. The van der Waals surface area contributed by atoms with Gasteiger partial charge in [-0.1, -0.05) is 6.07 Å². The van der Waals surface area contributed by atoms with Crippen molar-refractivity contribution < 1.29 is 14.3 Å². The fourth-order valence-corrected chi connectivity index (χ4v) is 3.35. The van der Waals surface area contributed by atoms with Gasteiger partial charge in [0.1, 0.15) is 5.75 Å². The molecule has 3 rings (SSSR count). The Labute approximate surface area is 138 Å². The molecule has 0 N–H and O–H groups in total. The van der Waals surface area contributed by atoms with Gasteiger partial charge in [-0.3, -0.25) is 9.69 Å². The second-order valence-corrected chi connectivity index (χ2v) is 6.41. The van der Waals surface area contributed by atoms with Gasteiger partial charge in [-0.25, -0.2) is 0 Å². The molecule has 2 heterocycles. The molecule has 126 valence electrons. The predicted octanol–water partition coefficient (Wildman–Crippen LogP) is 1.94. The number of hydrogen-bond acceptors (Lipinski definition) is 4. The quantitative estimate of drug-likeness (QED) is 0.851. The first kappa shape index (κ1) is 16.3. The molecule has 1 atom stereocenters. The summed E-state index contributed by atoms with van der Waals surface area (Å²) in [6, 6.07) is 5.68. The Bertz CT molecular complexity index is 547. The lowest BCUT2D eigenvalue weighted by Crippen LogP contribution is -2.50. The number of carbonyl (C=O) groups is 1. The highest BCUT2D eigenvalue weighted by Gasteiger charge is 2.25. The molecule has 2 fully saturated rings. The van der Waals surface area contributed by atoms with Gasteiger partial charge >= 0.3 is 0 Å². The van der Waals surface area contributed by atoms with Gasteiger partial charge in [0.05, 0.1) is 13.2 Å². The van der Waals surface area contributed by atoms with Crippen LogP contribution in [0.1, 0.15) is 28.8 Å². The number of rotatable bonds is 4. The van der Waals surface area contributed by atoms with Crippen molar-refractivity contribution in [1.29, 1.82) is 0 Å². The average Bonchev–Trinajstić information content (AvgIpc) is 3.08. The fraction of sp³-hybridized carbons (Fsp3) is 0.611. The second kappa shape index (κ2) is 7.32. The van der Waals surface area contributed by atoms with Crippen molar-refractivity contribution in [3.05, 3.63) is 29.3 Å². The van der Waals surface area contributed by atoms with Gasteiger partial charge < -0.3 is 14.4 Å². The molecular formula is C18H26N2O3. The zero-order chi connectivity index (χ0) is 16.2. The molecular weight excluding hydrogens is 292 g/mol. The number of carbonyl (C=O) groups excluding carboxylic acids is 1. The summed E-state index contributed by atoms with van der Waals surface area (Å²) < 4.78 is 11.0. The summed E-state index contributed by atoms with van der Waals surface area (Å²) in [7, 11) is 1.64. The highest BCUT2D eigenvalue weighted by atomic mass is 16.5. The standard InChI is InChI=1S/C18H26N2O3/c1-14-5-6-15(12-17(14)22-2)18(21)20-9-7-19(8-10-20)13-16-4-3-11-23-16/h5-6,12,16H,3-4,7-11,13H2,1-2H3. The SMILES string of the molecule is COc1cc(C(=O)N2CCN(CC3CCCO3)CC2)ccc1C. The molecule has 0 bridgehead atoms.